The standard InChI is InChI=1S/C14H24N4O/c1-11-4-7-14(10-19,8-5-11)17-12-6-9-15-13(16-12)18(2)3/h6,9,11,19H,4-5,7-8,10H2,1-3H3,(H,15,16,17). The molecule has 19 heavy (non-hydrogen) atoms. The van der Waals surface area contributed by atoms with Crippen LogP contribution in [0.3, 0.4) is 0 Å². The second kappa shape index (κ2) is 5.74. The van der Waals surface area contributed by atoms with E-state index in [1.165, 1.54) is 0 Å². The van der Waals surface area contributed by atoms with E-state index in [2.05, 4.69) is 22.2 Å². The Morgan fingerprint density at radius 2 is 2.11 bits per heavy atom. The van der Waals surface area contributed by atoms with Gasteiger partial charge in [0.15, 0.2) is 0 Å². The van der Waals surface area contributed by atoms with Gasteiger partial charge >= 0.3 is 0 Å². The van der Waals surface area contributed by atoms with E-state index in [1.807, 2.05) is 25.1 Å². The molecule has 0 amide bonds. The molecule has 0 atom stereocenters. The van der Waals surface area contributed by atoms with Gasteiger partial charge in [-0.15, -0.1) is 0 Å². The van der Waals surface area contributed by atoms with Crippen molar-refractivity contribution in [2.24, 2.45) is 5.92 Å². The highest BCUT2D eigenvalue weighted by Crippen LogP contribution is 2.34. The van der Waals surface area contributed by atoms with Crippen LogP contribution in [0.4, 0.5) is 11.8 Å². The number of aliphatic hydroxyl groups excluding tert-OH is 1. The van der Waals surface area contributed by atoms with Crippen LogP contribution >= 0.6 is 0 Å². The maximum Gasteiger partial charge on any atom is 0.226 e. The van der Waals surface area contributed by atoms with Crippen LogP contribution in [0.15, 0.2) is 12.3 Å². The lowest BCUT2D eigenvalue weighted by Crippen LogP contribution is -2.45. The van der Waals surface area contributed by atoms with Crippen LogP contribution in [-0.4, -0.2) is 41.3 Å². The van der Waals surface area contributed by atoms with Crippen LogP contribution in [0.1, 0.15) is 32.6 Å². The topological polar surface area (TPSA) is 61.3 Å². The normalized spacial score (nSPS) is 27.1. The summed E-state index contributed by atoms with van der Waals surface area (Å²) >= 11 is 0. The van der Waals surface area contributed by atoms with Crippen molar-refractivity contribution in [1.29, 1.82) is 0 Å². The summed E-state index contributed by atoms with van der Waals surface area (Å²) in [6.07, 6.45) is 6.04. The lowest BCUT2D eigenvalue weighted by molar-refractivity contribution is 0.155. The van der Waals surface area contributed by atoms with Gasteiger partial charge in [0.1, 0.15) is 5.82 Å². The molecule has 0 radical (unpaired) electrons. The zero-order chi connectivity index (χ0) is 13.9. The Balaban J connectivity index is 2.12. The predicted molar refractivity (Wildman–Crippen MR) is 77.4 cm³/mol. The van der Waals surface area contributed by atoms with Crippen LogP contribution in [0.2, 0.25) is 0 Å². The quantitative estimate of drug-likeness (QED) is 0.869. The van der Waals surface area contributed by atoms with Crippen LogP contribution in [0.5, 0.6) is 0 Å². The van der Waals surface area contributed by atoms with Crippen molar-refractivity contribution in [1.82, 2.24) is 9.97 Å². The zero-order valence-electron chi connectivity index (χ0n) is 12.1. The summed E-state index contributed by atoms with van der Waals surface area (Å²) < 4.78 is 0. The molecule has 106 valence electrons. The third-order valence-corrected chi connectivity index (χ3v) is 3.97. The van der Waals surface area contributed by atoms with E-state index in [-0.39, 0.29) is 12.1 Å². The highest BCUT2D eigenvalue weighted by molar-refractivity contribution is 5.42. The molecule has 5 heteroatoms. The van der Waals surface area contributed by atoms with Crippen LogP contribution in [-0.2, 0) is 0 Å². The molecular formula is C14H24N4O. The molecule has 1 heterocycles. The minimum atomic E-state index is -0.218. The second-order valence-corrected chi connectivity index (χ2v) is 5.88. The minimum Gasteiger partial charge on any atom is -0.394 e. The highest BCUT2D eigenvalue weighted by atomic mass is 16.3. The summed E-state index contributed by atoms with van der Waals surface area (Å²) in [6.45, 7) is 2.43. The first-order valence-electron chi connectivity index (χ1n) is 6.94. The van der Waals surface area contributed by atoms with E-state index in [4.69, 9.17) is 0 Å². The van der Waals surface area contributed by atoms with Gasteiger partial charge in [0, 0.05) is 20.3 Å². The van der Waals surface area contributed by atoms with Gasteiger partial charge in [0.2, 0.25) is 5.95 Å². The first-order chi connectivity index (χ1) is 9.04. The molecule has 1 aromatic heterocycles. The number of hydrogen-bond donors (Lipinski definition) is 2. The summed E-state index contributed by atoms with van der Waals surface area (Å²) in [4.78, 5) is 10.6. The van der Waals surface area contributed by atoms with Gasteiger partial charge in [0.05, 0.1) is 12.1 Å². The first-order valence-corrected chi connectivity index (χ1v) is 6.94. The minimum absolute atomic E-state index is 0.154. The molecule has 0 aliphatic heterocycles. The van der Waals surface area contributed by atoms with Crippen molar-refractivity contribution >= 4 is 11.8 Å². The van der Waals surface area contributed by atoms with Crippen molar-refractivity contribution in [2.45, 2.75) is 38.1 Å². The maximum atomic E-state index is 9.75. The Morgan fingerprint density at radius 1 is 1.42 bits per heavy atom. The first kappa shape index (κ1) is 14.1. The highest BCUT2D eigenvalue weighted by Gasteiger charge is 2.33. The number of anilines is 2. The average molecular weight is 264 g/mol. The summed E-state index contributed by atoms with van der Waals surface area (Å²) in [5, 5.41) is 13.2. The third kappa shape index (κ3) is 3.35. The average Bonchev–Trinajstić information content (AvgIpc) is 2.42. The lowest BCUT2D eigenvalue weighted by atomic mass is 9.77. The van der Waals surface area contributed by atoms with Crippen molar-refractivity contribution < 1.29 is 5.11 Å². The molecule has 0 unspecified atom stereocenters. The summed E-state index contributed by atoms with van der Waals surface area (Å²) in [5.74, 6) is 2.23. The van der Waals surface area contributed by atoms with Gasteiger partial charge in [-0.25, -0.2) is 4.98 Å². The van der Waals surface area contributed by atoms with E-state index in [9.17, 15) is 5.11 Å². The summed E-state index contributed by atoms with van der Waals surface area (Å²) in [7, 11) is 3.84. The van der Waals surface area contributed by atoms with Gasteiger partial charge in [-0.1, -0.05) is 6.92 Å². The lowest BCUT2D eigenvalue weighted by Gasteiger charge is -2.39. The number of aliphatic hydroxyl groups is 1. The number of rotatable bonds is 4. The molecule has 1 aliphatic carbocycles. The molecule has 5 nitrogen and oxygen atoms in total. The monoisotopic (exact) mass is 264 g/mol. The van der Waals surface area contributed by atoms with E-state index in [1.54, 1.807) is 6.20 Å². The zero-order valence-corrected chi connectivity index (χ0v) is 12.1. The molecule has 1 saturated carbocycles. The van der Waals surface area contributed by atoms with Gasteiger partial charge in [0.25, 0.3) is 0 Å². The van der Waals surface area contributed by atoms with Crippen LogP contribution < -0.4 is 10.2 Å². The Kier molecular flexibility index (Phi) is 4.24. The molecule has 2 N–H and O–H groups in total. The maximum absolute atomic E-state index is 9.75. The van der Waals surface area contributed by atoms with Gasteiger partial charge < -0.3 is 15.3 Å². The fourth-order valence-corrected chi connectivity index (χ4v) is 2.54. The fourth-order valence-electron chi connectivity index (χ4n) is 2.54. The largest absolute Gasteiger partial charge is 0.394 e. The Hall–Kier alpha value is -1.36. The molecule has 0 saturated heterocycles. The van der Waals surface area contributed by atoms with Crippen molar-refractivity contribution in [3.05, 3.63) is 12.3 Å². The smallest absolute Gasteiger partial charge is 0.226 e. The van der Waals surface area contributed by atoms with Crippen LogP contribution in [0, 0.1) is 5.92 Å². The molecule has 2 rings (SSSR count). The fraction of sp³-hybridized carbons (Fsp3) is 0.714. The molecule has 1 fully saturated rings. The van der Waals surface area contributed by atoms with Gasteiger partial charge in [-0.05, 0) is 37.7 Å². The van der Waals surface area contributed by atoms with Crippen molar-refractivity contribution in [3.63, 3.8) is 0 Å². The number of nitrogens with zero attached hydrogens (tertiary/aromatic N) is 3. The van der Waals surface area contributed by atoms with E-state index in [0.29, 0.717) is 5.95 Å². The summed E-state index contributed by atoms with van der Waals surface area (Å²) in [6, 6.07) is 1.86. The molecular weight excluding hydrogens is 240 g/mol. The molecule has 0 bridgehead atoms. The number of nitrogens with one attached hydrogen (secondary N) is 1. The van der Waals surface area contributed by atoms with Gasteiger partial charge in [-0.3, -0.25) is 0 Å². The Bertz CT molecular complexity index is 414. The van der Waals surface area contributed by atoms with E-state index >= 15 is 0 Å². The van der Waals surface area contributed by atoms with E-state index in [0.717, 1.165) is 37.4 Å². The predicted octanol–water partition coefficient (Wildman–Crippen LogP) is 1.90. The number of aromatic nitrogens is 2. The Labute approximate surface area is 115 Å². The second-order valence-electron chi connectivity index (χ2n) is 5.88. The molecule has 0 spiro atoms. The van der Waals surface area contributed by atoms with Crippen LogP contribution in [0.25, 0.3) is 0 Å². The van der Waals surface area contributed by atoms with E-state index < -0.39 is 0 Å². The van der Waals surface area contributed by atoms with Crippen molar-refractivity contribution in [3.8, 4) is 0 Å². The SMILES string of the molecule is CC1CCC(CO)(Nc2ccnc(N(C)C)n2)CC1. The number of hydrogen-bond acceptors (Lipinski definition) is 5. The molecule has 1 aliphatic rings. The third-order valence-electron chi connectivity index (χ3n) is 3.97. The molecule has 1 aromatic rings. The van der Waals surface area contributed by atoms with Gasteiger partial charge in [-0.2, -0.15) is 4.98 Å². The van der Waals surface area contributed by atoms with Crippen molar-refractivity contribution in [2.75, 3.05) is 30.9 Å². The molecule has 0 aromatic carbocycles. The Morgan fingerprint density at radius 3 is 2.68 bits per heavy atom. The summed E-state index contributed by atoms with van der Waals surface area (Å²) in [5.41, 5.74) is -0.218.